The van der Waals surface area contributed by atoms with Crippen LogP contribution in [0.15, 0.2) is 12.1 Å². The molecule has 1 aliphatic rings. The lowest BCUT2D eigenvalue weighted by molar-refractivity contribution is -0.383. The molecule has 0 aromatic heterocycles. The number of benzene rings is 1. The Hall–Kier alpha value is -1.04. The third-order valence-electron chi connectivity index (χ3n) is 3.86. The summed E-state index contributed by atoms with van der Waals surface area (Å²) in [7, 11) is 0. The number of rotatable bonds is 5. The highest BCUT2D eigenvalue weighted by molar-refractivity contribution is 6.42. The van der Waals surface area contributed by atoms with E-state index in [1.807, 2.05) is 0 Å². The van der Waals surface area contributed by atoms with Crippen molar-refractivity contribution in [3.05, 3.63) is 32.3 Å². The highest BCUT2D eigenvalue weighted by Gasteiger charge is 2.18. The van der Waals surface area contributed by atoms with Crippen molar-refractivity contribution < 1.29 is 4.92 Å². The average Bonchev–Trinajstić information content (AvgIpc) is 2.44. The highest BCUT2D eigenvalue weighted by atomic mass is 35.5. The van der Waals surface area contributed by atoms with E-state index >= 15 is 0 Å². The molecule has 0 saturated carbocycles. The molecule has 5 nitrogen and oxygen atoms in total. The van der Waals surface area contributed by atoms with Gasteiger partial charge in [0.15, 0.2) is 0 Å². The van der Waals surface area contributed by atoms with Crippen LogP contribution in [0, 0.1) is 16.0 Å². The maximum Gasteiger partial charge on any atom is 0.293 e. The van der Waals surface area contributed by atoms with Crippen LogP contribution in [0.4, 0.5) is 11.4 Å². The van der Waals surface area contributed by atoms with Gasteiger partial charge >= 0.3 is 0 Å². The molecule has 0 aliphatic carbocycles. The van der Waals surface area contributed by atoms with Crippen molar-refractivity contribution in [2.24, 2.45) is 5.92 Å². The van der Waals surface area contributed by atoms with Crippen molar-refractivity contribution >= 4 is 34.6 Å². The summed E-state index contributed by atoms with van der Waals surface area (Å²) in [6, 6.07) is 2.80. The molecule has 1 aromatic rings. The van der Waals surface area contributed by atoms with Crippen LogP contribution in [-0.4, -0.2) is 36.0 Å². The first-order valence-electron chi connectivity index (χ1n) is 7.07. The van der Waals surface area contributed by atoms with E-state index in [0.717, 1.165) is 25.6 Å². The molecule has 7 heteroatoms. The lowest BCUT2D eigenvalue weighted by Crippen LogP contribution is -2.36. The molecule has 1 aromatic carbocycles. The van der Waals surface area contributed by atoms with Crippen molar-refractivity contribution in [2.75, 3.05) is 31.5 Å². The molecule has 0 atom stereocenters. The zero-order valence-electron chi connectivity index (χ0n) is 11.9. The van der Waals surface area contributed by atoms with E-state index in [1.54, 1.807) is 0 Å². The third-order valence-corrected chi connectivity index (χ3v) is 4.58. The summed E-state index contributed by atoms with van der Waals surface area (Å²) in [5, 5.41) is 14.6. The molecule has 0 amide bonds. The summed E-state index contributed by atoms with van der Waals surface area (Å²) in [6.45, 7) is 5.96. The molecule has 0 unspecified atom stereocenters. The van der Waals surface area contributed by atoms with Gasteiger partial charge < -0.3 is 10.2 Å². The maximum absolute atomic E-state index is 11.0. The lowest BCUT2D eigenvalue weighted by atomic mass is 9.99. The summed E-state index contributed by atoms with van der Waals surface area (Å²) in [4.78, 5) is 13.0. The van der Waals surface area contributed by atoms with Gasteiger partial charge in [-0.2, -0.15) is 0 Å². The highest BCUT2D eigenvalue weighted by Crippen LogP contribution is 2.33. The van der Waals surface area contributed by atoms with E-state index in [4.69, 9.17) is 23.2 Å². The molecule has 0 spiro atoms. The summed E-state index contributed by atoms with van der Waals surface area (Å²) < 4.78 is 0. The maximum atomic E-state index is 11.0. The Bertz CT molecular complexity index is 517. The van der Waals surface area contributed by atoms with Crippen LogP contribution >= 0.6 is 23.2 Å². The summed E-state index contributed by atoms with van der Waals surface area (Å²) in [5.74, 6) is 0.797. The molecule has 116 valence electrons. The van der Waals surface area contributed by atoms with Crippen molar-refractivity contribution in [3.8, 4) is 0 Å². The topological polar surface area (TPSA) is 58.4 Å². The van der Waals surface area contributed by atoms with Gasteiger partial charge in [0.2, 0.25) is 0 Å². The second kappa shape index (κ2) is 7.29. The van der Waals surface area contributed by atoms with Gasteiger partial charge in [0.25, 0.3) is 5.69 Å². The number of hydrogen-bond donors (Lipinski definition) is 1. The van der Waals surface area contributed by atoms with Crippen molar-refractivity contribution in [1.82, 2.24) is 4.90 Å². The van der Waals surface area contributed by atoms with E-state index in [0.29, 0.717) is 17.3 Å². The van der Waals surface area contributed by atoms with Crippen LogP contribution in [0.1, 0.15) is 19.8 Å². The Morgan fingerprint density at radius 3 is 2.57 bits per heavy atom. The van der Waals surface area contributed by atoms with E-state index in [1.165, 1.54) is 25.0 Å². The largest absolute Gasteiger partial charge is 0.378 e. The normalized spacial score (nSPS) is 16.9. The second-order valence-electron chi connectivity index (χ2n) is 5.49. The summed E-state index contributed by atoms with van der Waals surface area (Å²) in [6.07, 6.45) is 2.43. The average molecular weight is 332 g/mol. The molecule has 0 bridgehead atoms. The van der Waals surface area contributed by atoms with E-state index < -0.39 is 4.92 Å². The van der Waals surface area contributed by atoms with Crippen LogP contribution in [-0.2, 0) is 0 Å². The van der Waals surface area contributed by atoms with Gasteiger partial charge in [0.05, 0.1) is 15.0 Å². The van der Waals surface area contributed by atoms with Gasteiger partial charge in [-0.05, 0) is 37.9 Å². The van der Waals surface area contributed by atoms with Crippen molar-refractivity contribution in [2.45, 2.75) is 19.8 Å². The quantitative estimate of drug-likeness (QED) is 0.653. The van der Waals surface area contributed by atoms with E-state index in [-0.39, 0.29) is 10.7 Å². The molecule has 1 heterocycles. The van der Waals surface area contributed by atoms with Crippen LogP contribution in [0.3, 0.4) is 0 Å². The fourth-order valence-electron chi connectivity index (χ4n) is 2.46. The molecule has 21 heavy (non-hydrogen) atoms. The standard InChI is InChI=1S/C14H19Cl2N3O2/c1-10-2-5-18(6-3-10)7-4-17-13-8-11(15)12(16)9-14(13)19(20)21/h8-10,17H,2-7H2,1H3. The Labute approximate surface area is 134 Å². The molecule has 0 radical (unpaired) electrons. The minimum Gasteiger partial charge on any atom is -0.378 e. The Kier molecular flexibility index (Phi) is 5.67. The van der Waals surface area contributed by atoms with Gasteiger partial charge in [-0.3, -0.25) is 10.1 Å². The van der Waals surface area contributed by atoms with E-state index in [9.17, 15) is 10.1 Å². The first-order chi connectivity index (χ1) is 9.97. The van der Waals surface area contributed by atoms with Crippen molar-refractivity contribution in [1.29, 1.82) is 0 Å². The number of nitrogens with one attached hydrogen (secondary N) is 1. The van der Waals surface area contributed by atoms with Crippen LogP contribution in [0.5, 0.6) is 0 Å². The third kappa shape index (κ3) is 4.46. The first kappa shape index (κ1) is 16.3. The number of halogens is 2. The summed E-state index contributed by atoms with van der Waals surface area (Å²) >= 11 is 11.8. The number of nitrogens with zero attached hydrogens (tertiary/aromatic N) is 2. The number of anilines is 1. The number of likely N-dealkylation sites (tertiary alicyclic amines) is 1. The van der Waals surface area contributed by atoms with Gasteiger partial charge in [0.1, 0.15) is 5.69 Å². The van der Waals surface area contributed by atoms with Crippen LogP contribution in [0.25, 0.3) is 0 Å². The van der Waals surface area contributed by atoms with Crippen LogP contribution in [0.2, 0.25) is 10.0 Å². The number of nitro groups is 1. The predicted octanol–water partition coefficient (Wildman–Crippen LogP) is 4.05. The zero-order chi connectivity index (χ0) is 15.4. The van der Waals surface area contributed by atoms with Crippen molar-refractivity contribution in [3.63, 3.8) is 0 Å². The lowest BCUT2D eigenvalue weighted by Gasteiger charge is -2.30. The molecule has 1 N–H and O–H groups in total. The minimum atomic E-state index is -0.451. The Morgan fingerprint density at radius 1 is 1.33 bits per heavy atom. The smallest absolute Gasteiger partial charge is 0.293 e. The summed E-state index contributed by atoms with van der Waals surface area (Å²) in [5.41, 5.74) is 0.372. The van der Waals surface area contributed by atoms with Gasteiger partial charge in [-0.15, -0.1) is 0 Å². The van der Waals surface area contributed by atoms with E-state index in [2.05, 4.69) is 17.1 Å². The fraction of sp³-hybridized carbons (Fsp3) is 0.571. The Morgan fingerprint density at radius 2 is 1.95 bits per heavy atom. The molecule has 1 fully saturated rings. The molecule has 1 saturated heterocycles. The first-order valence-corrected chi connectivity index (χ1v) is 7.82. The SMILES string of the molecule is CC1CCN(CCNc2cc(Cl)c(Cl)cc2[N+](=O)[O-])CC1. The Balaban J connectivity index is 1.93. The molecule has 2 rings (SSSR count). The monoisotopic (exact) mass is 331 g/mol. The van der Waals surface area contributed by atoms with Gasteiger partial charge in [-0.25, -0.2) is 0 Å². The number of piperidine rings is 1. The predicted molar refractivity (Wildman–Crippen MR) is 86.4 cm³/mol. The molecular weight excluding hydrogens is 313 g/mol. The van der Waals surface area contributed by atoms with Crippen LogP contribution < -0.4 is 5.32 Å². The number of hydrogen-bond acceptors (Lipinski definition) is 4. The number of nitro benzene ring substituents is 1. The van der Waals surface area contributed by atoms with Gasteiger partial charge in [-0.1, -0.05) is 30.1 Å². The second-order valence-corrected chi connectivity index (χ2v) is 6.31. The molecule has 1 aliphatic heterocycles. The fourth-order valence-corrected chi connectivity index (χ4v) is 2.78. The minimum absolute atomic E-state index is 0.0448. The van der Waals surface area contributed by atoms with Gasteiger partial charge in [0, 0.05) is 19.2 Å². The zero-order valence-corrected chi connectivity index (χ0v) is 13.5. The molecular formula is C14H19Cl2N3O2.